The van der Waals surface area contributed by atoms with Crippen LogP contribution >= 0.6 is 0 Å². The molecule has 0 aromatic rings. The molecule has 0 radical (unpaired) electrons. The van der Waals surface area contributed by atoms with Crippen molar-refractivity contribution in [3.63, 3.8) is 0 Å². The number of hydrogen-bond acceptors (Lipinski definition) is 6. The Morgan fingerprint density at radius 1 is 1.47 bits per heavy atom. The minimum absolute atomic E-state index is 0.0418. The van der Waals surface area contributed by atoms with Gasteiger partial charge in [0.05, 0.1) is 17.9 Å². The number of aliphatic hydroxyl groups is 1. The van der Waals surface area contributed by atoms with Crippen molar-refractivity contribution in [3.05, 3.63) is 0 Å². The summed E-state index contributed by atoms with van der Waals surface area (Å²) in [5, 5.41) is 18.4. The first-order valence-corrected chi connectivity index (χ1v) is 7.82. The first-order valence-electron chi connectivity index (χ1n) is 5.76. The largest absolute Gasteiger partial charge is 0.480 e. The van der Waals surface area contributed by atoms with Crippen LogP contribution in [0.4, 0.5) is 0 Å². The molecule has 0 saturated carbocycles. The van der Waals surface area contributed by atoms with E-state index in [4.69, 9.17) is 10.8 Å². The lowest BCUT2D eigenvalue weighted by molar-refractivity contribution is -0.148. The number of amides is 1. The number of hydrogen-bond donors (Lipinski definition) is 3. The molecule has 1 aliphatic rings. The molecule has 19 heavy (non-hydrogen) atoms. The van der Waals surface area contributed by atoms with Crippen LogP contribution in [-0.4, -0.2) is 72.1 Å². The lowest BCUT2D eigenvalue weighted by Crippen LogP contribution is -2.49. The average molecular weight is 294 g/mol. The van der Waals surface area contributed by atoms with Crippen LogP contribution in [0.1, 0.15) is 12.8 Å². The minimum Gasteiger partial charge on any atom is -0.480 e. The zero-order valence-corrected chi connectivity index (χ0v) is 11.3. The standard InChI is InChI=1S/C10H18N2O6S/c1-19(17,18)3-2-7(11)9(14)12-5-6(13)4-8(12)10(15)16/h6-8,13H,2-5,11H2,1H3,(H,15,16). The number of nitrogens with two attached hydrogens (primary N) is 1. The summed E-state index contributed by atoms with van der Waals surface area (Å²) in [6, 6.07) is -2.19. The van der Waals surface area contributed by atoms with Gasteiger partial charge in [0.15, 0.2) is 0 Å². The lowest BCUT2D eigenvalue weighted by Gasteiger charge is -2.24. The van der Waals surface area contributed by atoms with E-state index in [1.54, 1.807) is 0 Å². The van der Waals surface area contributed by atoms with Gasteiger partial charge in [-0.15, -0.1) is 0 Å². The van der Waals surface area contributed by atoms with E-state index in [2.05, 4.69) is 0 Å². The number of aliphatic carboxylic acids is 1. The maximum atomic E-state index is 12.0. The van der Waals surface area contributed by atoms with Crippen molar-refractivity contribution in [2.24, 2.45) is 5.73 Å². The molecule has 3 atom stereocenters. The molecular weight excluding hydrogens is 276 g/mol. The second-order valence-electron chi connectivity index (χ2n) is 4.76. The molecule has 0 aromatic carbocycles. The van der Waals surface area contributed by atoms with Gasteiger partial charge in [0, 0.05) is 19.2 Å². The van der Waals surface area contributed by atoms with Gasteiger partial charge in [-0.05, 0) is 6.42 Å². The molecule has 1 rings (SSSR count). The number of β-amino-alcohol motifs (C(OH)–C–C–N with tert-alkyl or cyclic N) is 1. The molecule has 0 aromatic heterocycles. The van der Waals surface area contributed by atoms with Crippen LogP contribution in [-0.2, 0) is 19.4 Å². The molecule has 1 aliphatic heterocycles. The van der Waals surface area contributed by atoms with Gasteiger partial charge in [-0.2, -0.15) is 0 Å². The van der Waals surface area contributed by atoms with Crippen molar-refractivity contribution in [3.8, 4) is 0 Å². The van der Waals surface area contributed by atoms with Crippen molar-refractivity contribution >= 4 is 21.7 Å². The van der Waals surface area contributed by atoms with E-state index in [0.717, 1.165) is 11.2 Å². The molecule has 1 heterocycles. The fourth-order valence-electron chi connectivity index (χ4n) is 1.97. The predicted molar refractivity (Wildman–Crippen MR) is 66.1 cm³/mol. The van der Waals surface area contributed by atoms with Gasteiger partial charge in [-0.3, -0.25) is 4.79 Å². The third kappa shape index (κ3) is 4.44. The van der Waals surface area contributed by atoms with E-state index in [1.807, 2.05) is 0 Å². The summed E-state index contributed by atoms with van der Waals surface area (Å²) in [7, 11) is -3.23. The number of carbonyl (C=O) groups excluding carboxylic acids is 1. The van der Waals surface area contributed by atoms with Crippen LogP contribution in [0, 0.1) is 0 Å². The first kappa shape index (κ1) is 15.9. The summed E-state index contributed by atoms with van der Waals surface area (Å²) in [6.45, 7) is -0.0949. The van der Waals surface area contributed by atoms with Crippen molar-refractivity contribution < 1.29 is 28.2 Å². The Bertz CT molecular complexity index is 463. The van der Waals surface area contributed by atoms with Gasteiger partial charge in [0.25, 0.3) is 0 Å². The Labute approximate surface area is 111 Å². The van der Waals surface area contributed by atoms with Crippen molar-refractivity contribution in [2.75, 3.05) is 18.6 Å². The number of nitrogens with zero attached hydrogens (tertiary/aromatic N) is 1. The topological polar surface area (TPSA) is 138 Å². The molecule has 3 unspecified atom stereocenters. The molecule has 110 valence electrons. The van der Waals surface area contributed by atoms with Crippen LogP contribution < -0.4 is 5.73 Å². The molecule has 4 N–H and O–H groups in total. The molecule has 1 fully saturated rings. The van der Waals surface area contributed by atoms with Gasteiger partial charge in [0.1, 0.15) is 15.9 Å². The Hall–Kier alpha value is -1.19. The van der Waals surface area contributed by atoms with Gasteiger partial charge in [0.2, 0.25) is 5.91 Å². The number of likely N-dealkylation sites (tertiary alicyclic amines) is 1. The van der Waals surface area contributed by atoms with Gasteiger partial charge in [-0.25, -0.2) is 13.2 Å². The van der Waals surface area contributed by atoms with E-state index in [-0.39, 0.29) is 25.1 Å². The summed E-state index contributed by atoms with van der Waals surface area (Å²) in [5.74, 6) is -2.10. The van der Waals surface area contributed by atoms with Crippen LogP contribution in [0.3, 0.4) is 0 Å². The maximum absolute atomic E-state index is 12.0. The Morgan fingerprint density at radius 3 is 2.53 bits per heavy atom. The third-order valence-electron chi connectivity index (χ3n) is 2.96. The number of rotatable bonds is 5. The molecular formula is C10H18N2O6S. The third-order valence-corrected chi connectivity index (χ3v) is 3.94. The maximum Gasteiger partial charge on any atom is 0.326 e. The van der Waals surface area contributed by atoms with Gasteiger partial charge in [-0.1, -0.05) is 0 Å². The second kappa shape index (κ2) is 5.85. The smallest absolute Gasteiger partial charge is 0.326 e. The quantitative estimate of drug-likeness (QED) is 0.522. The van der Waals surface area contributed by atoms with Crippen molar-refractivity contribution in [1.29, 1.82) is 0 Å². The fraction of sp³-hybridized carbons (Fsp3) is 0.800. The highest BCUT2D eigenvalue weighted by atomic mass is 32.2. The SMILES string of the molecule is CS(=O)(=O)CCC(N)C(=O)N1CC(O)CC1C(=O)O. The van der Waals surface area contributed by atoms with Crippen molar-refractivity contribution in [2.45, 2.75) is 31.0 Å². The number of sulfone groups is 1. The number of carbonyl (C=O) groups is 2. The molecule has 0 aliphatic carbocycles. The Balaban J connectivity index is 2.68. The lowest BCUT2D eigenvalue weighted by atomic mass is 10.1. The number of carboxylic acid groups (broad SMARTS) is 1. The van der Waals surface area contributed by atoms with Gasteiger partial charge >= 0.3 is 5.97 Å². The monoisotopic (exact) mass is 294 g/mol. The minimum atomic E-state index is -3.23. The first-order chi connectivity index (χ1) is 8.61. The summed E-state index contributed by atoms with van der Waals surface area (Å²) < 4.78 is 22.0. The van der Waals surface area contributed by atoms with Crippen LogP contribution in [0.15, 0.2) is 0 Å². The summed E-state index contributed by atoms with van der Waals surface area (Å²) in [4.78, 5) is 23.9. The average Bonchev–Trinajstić information content (AvgIpc) is 2.66. The predicted octanol–water partition coefficient (Wildman–Crippen LogP) is -2.21. The highest BCUT2D eigenvalue weighted by Crippen LogP contribution is 2.19. The van der Waals surface area contributed by atoms with Crippen LogP contribution in [0.25, 0.3) is 0 Å². The summed E-state index contributed by atoms with van der Waals surface area (Å²) in [5.41, 5.74) is 5.58. The van der Waals surface area contributed by atoms with E-state index in [9.17, 15) is 23.1 Å². The molecule has 0 spiro atoms. The molecule has 1 saturated heterocycles. The van der Waals surface area contributed by atoms with Crippen LogP contribution in [0.5, 0.6) is 0 Å². The fourth-order valence-corrected chi connectivity index (χ4v) is 2.65. The van der Waals surface area contributed by atoms with E-state index in [1.165, 1.54) is 0 Å². The highest BCUT2D eigenvalue weighted by molar-refractivity contribution is 7.90. The number of aliphatic hydroxyl groups excluding tert-OH is 1. The van der Waals surface area contributed by atoms with E-state index in [0.29, 0.717) is 0 Å². The summed E-state index contributed by atoms with van der Waals surface area (Å²) in [6.07, 6.45) is 0.0208. The normalized spacial score (nSPS) is 25.3. The zero-order chi connectivity index (χ0) is 14.8. The Kier molecular flexibility index (Phi) is 4.88. The molecule has 9 heteroatoms. The van der Waals surface area contributed by atoms with Gasteiger partial charge < -0.3 is 20.8 Å². The molecule has 0 bridgehead atoms. The summed E-state index contributed by atoms with van der Waals surface area (Å²) >= 11 is 0. The second-order valence-corrected chi connectivity index (χ2v) is 7.02. The zero-order valence-electron chi connectivity index (χ0n) is 10.5. The Morgan fingerprint density at radius 2 is 2.05 bits per heavy atom. The van der Waals surface area contributed by atoms with E-state index >= 15 is 0 Å². The highest BCUT2D eigenvalue weighted by Gasteiger charge is 2.40. The number of carboxylic acids is 1. The molecule has 8 nitrogen and oxygen atoms in total. The van der Waals surface area contributed by atoms with Crippen molar-refractivity contribution in [1.82, 2.24) is 4.90 Å². The molecule has 1 amide bonds. The van der Waals surface area contributed by atoms with Crippen LogP contribution in [0.2, 0.25) is 0 Å². The van der Waals surface area contributed by atoms with E-state index < -0.39 is 39.9 Å².